The predicted octanol–water partition coefficient (Wildman–Crippen LogP) is 2.20. The molecule has 3 aromatic rings. The van der Waals surface area contributed by atoms with E-state index in [0.717, 1.165) is 13.8 Å². The molecule has 2 bridgehead atoms. The second-order valence-corrected chi connectivity index (χ2v) is 19.7. The predicted molar refractivity (Wildman–Crippen MR) is 244 cm³/mol. The Bertz CT molecular complexity index is 2560. The molecule has 2 saturated heterocycles. The number of benzene rings is 3. The van der Waals surface area contributed by atoms with Crippen molar-refractivity contribution < 1.29 is 87.5 Å². The first-order valence-corrected chi connectivity index (χ1v) is 23.4. The van der Waals surface area contributed by atoms with Crippen molar-refractivity contribution in [2.24, 2.45) is 16.7 Å². The number of rotatable bonds is 13. The second kappa shape index (κ2) is 19.6. The summed E-state index contributed by atoms with van der Waals surface area (Å²) in [5.74, 6) is -7.30. The van der Waals surface area contributed by atoms with Crippen LogP contribution in [0.1, 0.15) is 86.7 Å². The largest absolute Gasteiger partial charge is 0.456 e. The molecule has 71 heavy (non-hydrogen) atoms. The molecule has 0 radical (unpaired) electrons. The highest BCUT2D eigenvalue weighted by molar-refractivity contribution is 5.96. The van der Waals surface area contributed by atoms with Crippen LogP contribution in [0.3, 0.4) is 0 Å². The first-order chi connectivity index (χ1) is 33.6. The Morgan fingerprint density at radius 2 is 1.44 bits per heavy atom. The smallest absolute Gasteiger partial charge is 0.338 e. The number of amides is 1. The van der Waals surface area contributed by atoms with Crippen LogP contribution in [0.25, 0.3) is 0 Å². The molecule has 0 aromatic heterocycles. The number of ketones is 1. The molecule has 0 spiro atoms. The molecular formula is C52H59NO18. The number of esters is 4. The summed E-state index contributed by atoms with van der Waals surface area (Å²) in [6, 6.07) is 22.6. The lowest BCUT2D eigenvalue weighted by Crippen LogP contribution is -2.82. The Labute approximate surface area is 409 Å². The van der Waals surface area contributed by atoms with E-state index < -0.39 is 150 Å². The summed E-state index contributed by atoms with van der Waals surface area (Å²) >= 11 is 0. The summed E-state index contributed by atoms with van der Waals surface area (Å²) in [7, 11) is 0. The number of aliphatic hydroxyl groups excluding tert-OH is 4. The van der Waals surface area contributed by atoms with Crippen molar-refractivity contribution in [3.8, 4) is 0 Å². The van der Waals surface area contributed by atoms with Crippen molar-refractivity contribution in [2.45, 2.75) is 133 Å². The fourth-order valence-electron chi connectivity index (χ4n) is 11.5. The first-order valence-electron chi connectivity index (χ1n) is 23.4. The van der Waals surface area contributed by atoms with Crippen LogP contribution in [0.2, 0.25) is 0 Å². The first kappa shape index (κ1) is 51.5. The molecule has 4 fully saturated rings. The van der Waals surface area contributed by atoms with Gasteiger partial charge in [-0.15, -0.1) is 0 Å². The molecule has 2 aliphatic heterocycles. The van der Waals surface area contributed by atoms with Gasteiger partial charge in [-0.1, -0.05) is 80.6 Å². The van der Waals surface area contributed by atoms with Gasteiger partial charge in [0, 0.05) is 37.7 Å². The van der Waals surface area contributed by atoms with E-state index in [0.29, 0.717) is 5.56 Å². The summed E-state index contributed by atoms with van der Waals surface area (Å²) in [4.78, 5) is 85.6. The number of carbonyl (C=O) groups is 6. The standard InChI is InChI=1S/C52H59NO18/c1-26-32(67-47(63)39(58)37(29-16-10-7-11-17-29)53-45(61)30-18-12-8-13-19-30)23-52(64)44(70-46(62)31-20-14-9-15-21-31)42-50(6,43(60)41(66-27(2)55)36(26)49(52,4)5)34(22-35-51(42,25-65-35)71-28(3)56)69-48-40(59)38(57)33(24-54)68-48/h7-21,32-35,37-42,44,48,54,57-59,64H,22-25H2,1-6H3,(H,53,61)/t32-,33+,34-,35+,37-,38-,39+,40+,41+,42-,44-,48?,50+,51-,52+/m0/s1. The van der Waals surface area contributed by atoms with Gasteiger partial charge in [0.25, 0.3) is 5.91 Å². The van der Waals surface area contributed by atoms with Gasteiger partial charge in [-0.05, 0) is 54.8 Å². The highest BCUT2D eigenvalue weighted by Crippen LogP contribution is 2.65. The lowest BCUT2D eigenvalue weighted by atomic mass is 9.44. The molecule has 380 valence electrons. The van der Waals surface area contributed by atoms with E-state index in [9.17, 15) is 49.5 Å². The van der Waals surface area contributed by atoms with Crippen LogP contribution in [0.5, 0.6) is 0 Å². The van der Waals surface area contributed by atoms with Crippen molar-refractivity contribution in [3.63, 3.8) is 0 Å². The molecule has 19 heteroatoms. The Kier molecular flexibility index (Phi) is 14.2. The van der Waals surface area contributed by atoms with Crippen LogP contribution in [0, 0.1) is 16.7 Å². The summed E-state index contributed by atoms with van der Waals surface area (Å²) in [5, 5.41) is 60.5. The minimum absolute atomic E-state index is 0.0122. The summed E-state index contributed by atoms with van der Waals surface area (Å²) in [6.07, 6.45) is -17.5. The van der Waals surface area contributed by atoms with E-state index in [1.165, 1.54) is 39.8 Å². The van der Waals surface area contributed by atoms with Gasteiger partial charge in [-0.25, -0.2) is 9.59 Å². The number of aliphatic hydroxyl groups is 5. The highest BCUT2D eigenvalue weighted by Gasteiger charge is 2.79. The maximum Gasteiger partial charge on any atom is 0.338 e. The number of hydrogen-bond donors (Lipinski definition) is 6. The lowest BCUT2D eigenvalue weighted by Gasteiger charge is -2.68. The van der Waals surface area contributed by atoms with Crippen LogP contribution >= 0.6 is 0 Å². The van der Waals surface area contributed by atoms with Crippen molar-refractivity contribution in [2.75, 3.05) is 13.2 Å². The minimum atomic E-state index is -2.51. The van der Waals surface area contributed by atoms with Gasteiger partial charge in [-0.2, -0.15) is 0 Å². The number of fused-ring (bicyclic) bond motifs is 5. The molecule has 2 saturated carbocycles. The van der Waals surface area contributed by atoms with Crippen molar-refractivity contribution in [3.05, 3.63) is 119 Å². The molecule has 6 N–H and O–H groups in total. The lowest BCUT2D eigenvalue weighted by molar-refractivity contribution is -0.358. The molecule has 1 amide bonds. The zero-order valence-corrected chi connectivity index (χ0v) is 40.0. The zero-order chi connectivity index (χ0) is 51.4. The maximum absolute atomic E-state index is 16.2. The zero-order valence-electron chi connectivity index (χ0n) is 40.0. The Morgan fingerprint density at radius 1 is 0.831 bits per heavy atom. The number of Topliss-reactive ketones (excluding diaryl/α,β-unsaturated/α-hetero) is 1. The minimum Gasteiger partial charge on any atom is -0.456 e. The van der Waals surface area contributed by atoms with Gasteiger partial charge < -0.3 is 64.0 Å². The van der Waals surface area contributed by atoms with Crippen LogP contribution in [0.4, 0.5) is 0 Å². The van der Waals surface area contributed by atoms with Crippen molar-refractivity contribution >= 4 is 35.6 Å². The average molecular weight is 986 g/mol. The van der Waals surface area contributed by atoms with Crippen LogP contribution in [-0.4, -0.2) is 147 Å². The van der Waals surface area contributed by atoms with E-state index in [4.69, 9.17) is 33.2 Å². The molecule has 1 unspecified atom stereocenters. The topological polar surface area (TPSA) is 280 Å². The van der Waals surface area contributed by atoms with E-state index in [1.54, 1.807) is 78.9 Å². The Balaban J connectivity index is 1.30. The second-order valence-electron chi connectivity index (χ2n) is 19.7. The third kappa shape index (κ3) is 8.85. The van der Waals surface area contributed by atoms with E-state index in [2.05, 4.69) is 5.32 Å². The Hall–Kier alpha value is -5.90. The highest BCUT2D eigenvalue weighted by atomic mass is 16.7. The molecule has 19 nitrogen and oxygen atoms in total. The van der Waals surface area contributed by atoms with Crippen LogP contribution < -0.4 is 5.32 Å². The summed E-state index contributed by atoms with van der Waals surface area (Å²) in [5.41, 5.74) is -7.76. The molecule has 2 heterocycles. The van der Waals surface area contributed by atoms with Gasteiger partial charge in [0.1, 0.15) is 42.2 Å². The van der Waals surface area contributed by atoms with E-state index in [1.807, 2.05) is 0 Å². The molecule has 8 rings (SSSR count). The molecule has 15 atom stereocenters. The van der Waals surface area contributed by atoms with E-state index in [-0.39, 0.29) is 28.7 Å². The third-order valence-electron chi connectivity index (χ3n) is 15.2. The van der Waals surface area contributed by atoms with Gasteiger partial charge in [-0.3, -0.25) is 19.2 Å². The fourth-order valence-corrected chi connectivity index (χ4v) is 11.5. The molecule has 3 aliphatic carbocycles. The maximum atomic E-state index is 16.2. The molecule has 5 aliphatic rings. The van der Waals surface area contributed by atoms with Crippen molar-refractivity contribution in [1.29, 1.82) is 0 Å². The number of hydrogen-bond acceptors (Lipinski definition) is 18. The normalized spacial score (nSPS) is 34.7. The van der Waals surface area contributed by atoms with Gasteiger partial charge in [0.15, 0.2) is 29.9 Å². The van der Waals surface area contributed by atoms with Gasteiger partial charge in [0.05, 0.1) is 42.3 Å². The third-order valence-corrected chi connectivity index (χ3v) is 15.2. The van der Waals surface area contributed by atoms with Crippen molar-refractivity contribution in [1.82, 2.24) is 5.32 Å². The Morgan fingerprint density at radius 3 is 1.99 bits per heavy atom. The summed E-state index contributed by atoms with van der Waals surface area (Å²) < 4.78 is 43.2. The quantitative estimate of drug-likeness (QED) is 0.0813. The molecule has 3 aromatic carbocycles. The van der Waals surface area contributed by atoms with Crippen LogP contribution in [0.15, 0.2) is 102 Å². The van der Waals surface area contributed by atoms with Gasteiger partial charge >= 0.3 is 23.9 Å². The van der Waals surface area contributed by atoms with E-state index >= 15 is 4.79 Å². The monoisotopic (exact) mass is 985 g/mol. The average Bonchev–Trinajstić information content (AvgIpc) is 3.61. The molecular weight excluding hydrogens is 927 g/mol. The number of nitrogens with one attached hydrogen (secondary N) is 1. The summed E-state index contributed by atoms with van der Waals surface area (Å²) in [6.45, 7) is 7.01. The van der Waals surface area contributed by atoms with Crippen LogP contribution in [-0.2, 0) is 52.3 Å². The SMILES string of the molecule is CC(=O)O[C@H]1C(=O)[C@]2(C)[C@@H](OC3O[C@H](CO)[C@H](O)[C@H]3O)C[C@H]3OC[C@@]3(OC(C)=O)[C@H]2[C@H](OC(=O)c2ccccc2)[C@]2(O)C[C@H](OC(=O)[C@H](O)[C@@H](NC(=O)c3ccccc3)c3ccccc3)C(C)=C1C2(C)C. The van der Waals surface area contributed by atoms with Gasteiger partial charge in [0.2, 0.25) is 0 Å². The number of ether oxygens (including phenoxy) is 7. The fraction of sp³-hybridized carbons (Fsp3) is 0.500. The number of carbonyl (C=O) groups excluding carboxylic acids is 6.